The number of rotatable bonds is 2. The van der Waals surface area contributed by atoms with E-state index in [1.165, 1.54) is 72.8 Å². The Labute approximate surface area is 228 Å². The van der Waals surface area contributed by atoms with Crippen molar-refractivity contribution in [1.82, 2.24) is 15.0 Å². The highest BCUT2D eigenvalue weighted by molar-refractivity contribution is 5.40. The molecule has 0 amide bonds. The maximum Gasteiger partial charge on any atom is 0.0464 e. The largest absolute Gasteiger partial charge is 0.258 e. The molecule has 0 saturated heterocycles. The number of pyridine rings is 3. The third-order valence-electron chi connectivity index (χ3n) is 8.24. The van der Waals surface area contributed by atoms with Gasteiger partial charge in [0, 0.05) is 34.2 Å². The first kappa shape index (κ1) is 32.5. The Balaban J connectivity index is 0.000000279. The summed E-state index contributed by atoms with van der Waals surface area (Å²) in [7, 11) is 0. The van der Waals surface area contributed by atoms with E-state index in [-0.39, 0.29) is 0 Å². The summed E-state index contributed by atoms with van der Waals surface area (Å²) in [6.45, 7) is 36.5. The number of hydrogen-bond donors (Lipinski definition) is 0. The fraction of sp³-hybridized carbons (Fsp3) is 0.559. The molecule has 204 valence electrons. The molecular weight excluding hydrogens is 450 g/mol. The van der Waals surface area contributed by atoms with Crippen LogP contribution in [0.4, 0.5) is 0 Å². The molecule has 0 unspecified atom stereocenters. The van der Waals surface area contributed by atoms with Crippen molar-refractivity contribution in [3.8, 4) is 0 Å². The van der Waals surface area contributed by atoms with E-state index in [1.54, 1.807) is 0 Å². The van der Waals surface area contributed by atoms with Gasteiger partial charge in [0.15, 0.2) is 0 Å². The molecule has 3 rings (SSSR count). The van der Waals surface area contributed by atoms with E-state index in [0.717, 1.165) is 11.4 Å². The zero-order valence-corrected chi connectivity index (χ0v) is 27.0. The summed E-state index contributed by atoms with van der Waals surface area (Å²) in [4.78, 5) is 13.6. The van der Waals surface area contributed by atoms with Crippen LogP contribution < -0.4 is 0 Å². The fourth-order valence-electron chi connectivity index (χ4n) is 4.89. The Morgan fingerprint density at radius 2 is 0.649 bits per heavy atom. The number of aromatic nitrogens is 3. The third-order valence-corrected chi connectivity index (χ3v) is 8.24. The SMILES string of the molecule is Cc1nc(C(C)C)c(C)c(C)c1C.Cc1nc(C)c(C(C)C)c(C)c1C.Cc1nc(C)c(C)c(C)c1C. The first-order valence-electron chi connectivity index (χ1n) is 13.7. The van der Waals surface area contributed by atoms with Crippen LogP contribution in [0.25, 0.3) is 0 Å². The second kappa shape index (κ2) is 13.3. The van der Waals surface area contributed by atoms with Gasteiger partial charge in [-0.25, -0.2) is 0 Å². The van der Waals surface area contributed by atoms with E-state index in [0.29, 0.717) is 11.8 Å². The fourth-order valence-corrected chi connectivity index (χ4v) is 4.89. The monoisotopic (exact) mass is 503 g/mol. The molecule has 0 aliphatic heterocycles. The summed E-state index contributed by atoms with van der Waals surface area (Å²) < 4.78 is 0. The van der Waals surface area contributed by atoms with Gasteiger partial charge in [0.1, 0.15) is 0 Å². The van der Waals surface area contributed by atoms with Crippen LogP contribution in [0.5, 0.6) is 0 Å². The van der Waals surface area contributed by atoms with Crippen LogP contribution in [-0.4, -0.2) is 15.0 Å². The molecule has 0 atom stereocenters. The van der Waals surface area contributed by atoms with Crippen LogP contribution in [0.3, 0.4) is 0 Å². The predicted molar refractivity (Wildman–Crippen MR) is 162 cm³/mol. The predicted octanol–water partition coefficient (Wildman–Crippen LogP) is 9.50. The van der Waals surface area contributed by atoms with E-state index in [2.05, 4.69) is 133 Å². The summed E-state index contributed by atoms with van der Waals surface area (Å²) in [5.74, 6) is 1.10. The van der Waals surface area contributed by atoms with E-state index >= 15 is 0 Å². The van der Waals surface area contributed by atoms with Gasteiger partial charge in [-0.1, -0.05) is 27.7 Å². The van der Waals surface area contributed by atoms with Crippen LogP contribution in [0.15, 0.2) is 0 Å². The molecule has 0 aliphatic rings. The molecule has 3 aromatic rings. The van der Waals surface area contributed by atoms with Crippen molar-refractivity contribution >= 4 is 0 Å². The molecule has 37 heavy (non-hydrogen) atoms. The van der Waals surface area contributed by atoms with Gasteiger partial charge in [0.2, 0.25) is 0 Å². The lowest BCUT2D eigenvalue weighted by molar-refractivity contribution is 0.796. The maximum absolute atomic E-state index is 4.63. The van der Waals surface area contributed by atoms with Crippen molar-refractivity contribution in [1.29, 1.82) is 0 Å². The van der Waals surface area contributed by atoms with Crippen molar-refractivity contribution in [2.45, 2.75) is 130 Å². The molecule has 3 aromatic heterocycles. The van der Waals surface area contributed by atoms with Crippen molar-refractivity contribution in [2.24, 2.45) is 0 Å². The van der Waals surface area contributed by atoms with Gasteiger partial charge >= 0.3 is 0 Å². The number of aryl methyl sites for hydroxylation is 5. The number of hydrogen-bond acceptors (Lipinski definition) is 3. The molecule has 0 fully saturated rings. The Morgan fingerprint density at radius 1 is 0.324 bits per heavy atom. The molecule has 3 heteroatoms. The molecular formula is C34H53N3. The number of nitrogens with zero attached hydrogens (tertiary/aromatic N) is 3. The highest BCUT2D eigenvalue weighted by Crippen LogP contribution is 2.26. The van der Waals surface area contributed by atoms with Crippen LogP contribution >= 0.6 is 0 Å². The Bertz CT molecular complexity index is 1220. The minimum Gasteiger partial charge on any atom is -0.258 e. The topological polar surface area (TPSA) is 38.7 Å². The molecule has 3 heterocycles. The Morgan fingerprint density at radius 3 is 1.03 bits per heavy atom. The van der Waals surface area contributed by atoms with Crippen molar-refractivity contribution < 1.29 is 0 Å². The van der Waals surface area contributed by atoms with E-state index < -0.39 is 0 Å². The lowest BCUT2D eigenvalue weighted by Gasteiger charge is -2.16. The average Bonchev–Trinajstić information content (AvgIpc) is 2.81. The lowest BCUT2D eigenvalue weighted by atomic mass is 9.93. The standard InChI is InChI=1S/2C12H19N.C10H15N/c1-7(2)12-9(4)8(3)10(5)13-11(12)6;1-7(2)12-10(5)8(3)9(4)11(6)13-12;1-6-7(2)9(4)11-10(5)8(6)3/h2*7H,1-6H3;1-5H3. The maximum atomic E-state index is 4.63. The minimum atomic E-state index is 0.526. The lowest BCUT2D eigenvalue weighted by Crippen LogP contribution is -2.03. The second-order valence-electron chi connectivity index (χ2n) is 11.4. The van der Waals surface area contributed by atoms with Gasteiger partial charge in [-0.3, -0.25) is 15.0 Å². The minimum absolute atomic E-state index is 0.526. The zero-order valence-electron chi connectivity index (χ0n) is 27.0. The summed E-state index contributed by atoms with van der Waals surface area (Å²) in [6, 6.07) is 0. The van der Waals surface area contributed by atoms with E-state index in [1.807, 2.05) is 0 Å². The van der Waals surface area contributed by atoms with Gasteiger partial charge in [0.05, 0.1) is 0 Å². The molecule has 0 radical (unpaired) electrons. The van der Waals surface area contributed by atoms with Crippen LogP contribution in [0, 0.1) is 90.0 Å². The normalized spacial score (nSPS) is 10.8. The van der Waals surface area contributed by atoms with E-state index in [4.69, 9.17) is 0 Å². The molecule has 0 aliphatic carbocycles. The van der Waals surface area contributed by atoms with Gasteiger partial charge < -0.3 is 0 Å². The molecule has 0 N–H and O–H groups in total. The molecule has 0 aromatic carbocycles. The highest BCUT2D eigenvalue weighted by Gasteiger charge is 2.12. The van der Waals surface area contributed by atoms with Gasteiger partial charge in [-0.05, 0) is 152 Å². The van der Waals surface area contributed by atoms with Crippen molar-refractivity contribution in [2.75, 3.05) is 0 Å². The molecule has 0 saturated carbocycles. The van der Waals surface area contributed by atoms with Crippen LogP contribution in [-0.2, 0) is 0 Å². The summed E-state index contributed by atoms with van der Waals surface area (Å²) in [5, 5.41) is 0. The quantitative estimate of drug-likeness (QED) is 0.349. The average molecular weight is 504 g/mol. The highest BCUT2D eigenvalue weighted by atomic mass is 14.7. The van der Waals surface area contributed by atoms with Crippen LogP contribution in [0.2, 0.25) is 0 Å². The molecule has 0 spiro atoms. The first-order chi connectivity index (χ1) is 16.9. The van der Waals surface area contributed by atoms with Gasteiger partial charge in [-0.15, -0.1) is 0 Å². The van der Waals surface area contributed by atoms with Gasteiger partial charge in [-0.2, -0.15) is 0 Å². The van der Waals surface area contributed by atoms with Crippen molar-refractivity contribution in [3.05, 3.63) is 84.2 Å². The zero-order chi connectivity index (χ0) is 28.9. The molecule has 3 nitrogen and oxygen atoms in total. The Hall–Kier alpha value is -2.55. The first-order valence-corrected chi connectivity index (χ1v) is 13.7. The van der Waals surface area contributed by atoms with Crippen molar-refractivity contribution in [3.63, 3.8) is 0 Å². The summed E-state index contributed by atoms with van der Waals surface area (Å²) in [6.07, 6.45) is 0. The third kappa shape index (κ3) is 7.72. The van der Waals surface area contributed by atoms with Crippen LogP contribution in [0.1, 0.15) is 124 Å². The smallest absolute Gasteiger partial charge is 0.0464 e. The Kier molecular flexibility index (Phi) is 11.7. The van der Waals surface area contributed by atoms with Gasteiger partial charge in [0.25, 0.3) is 0 Å². The van der Waals surface area contributed by atoms with E-state index in [9.17, 15) is 0 Å². The summed E-state index contributed by atoms with van der Waals surface area (Å²) >= 11 is 0. The second-order valence-corrected chi connectivity index (χ2v) is 11.4. The molecule has 0 bridgehead atoms. The summed E-state index contributed by atoms with van der Waals surface area (Å²) in [5.41, 5.74) is 19.4.